The lowest BCUT2D eigenvalue weighted by atomic mass is 9.95. The minimum absolute atomic E-state index is 0.378. The van der Waals surface area contributed by atoms with E-state index in [0.29, 0.717) is 23.3 Å². The molecule has 1 fully saturated rings. The molecule has 0 saturated carbocycles. The molecule has 0 amide bonds. The Hall–Kier alpha value is -1.71. The molecule has 1 aliphatic rings. The molecule has 104 valence electrons. The summed E-state index contributed by atoms with van der Waals surface area (Å²) in [7, 11) is 1.38. The molecular formula is C15H22N2O2. The number of methoxy groups -OCH3 is 1. The second-order valence-corrected chi connectivity index (χ2v) is 5.27. The van der Waals surface area contributed by atoms with Crippen molar-refractivity contribution >= 4 is 17.3 Å². The normalized spacial score (nSPS) is 23.2. The summed E-state index contributed by atoms with van der Waals surface area (Å²) < 4.78 is 4.78. The third kappa shape index (κ3) is 2.53. The zero-order valence-corrected chi connectivity index (χ0v) is 11.8. The lowest BCUT2D eigenvalue weighted by Gasteiger charge is -2.41. The molecule has 2 unspecified atom stereocenters. The molecule has 4 nitrogen and oxygen atoms in total. The zero-order valence-electron chi connectivity index (χ0n) is 11.8. The maximum Gasteiger partial charge on any atom is 0.340 e. The highest BCUT2D eigenvalue weighted by Gasteiger charge is 2.27. The van der Waals surface area contributed by atoms with Gasteiger partial charge in [-0.05, 0) is 45.2 Å². The largest absolute Gasteiger partial charge is 0.465 e. The number of anilines is 2. The zero-order chi connectivity index (χ0) is 14.0. The van der Waals surface area contributed by atoms with Crippen LogP contribution in [0.1, 0.15) is 43.5 Å². The van der Waals surface area contributed by atoms with Crippen LogP contribution in [0.5, 0.6) is 0 Å². The molecule has 1 aromatic rings. The Morgan fingerprint density at radius 2 is 1.95 bits per heavy atom. The molecule has 0 spiro atoms. The van der Waals surface area contributed by atoms with Gasteiger partial charge in [-0.3, -0.25) is 0 Å². The first-order valence-electron chi connectivity index (χ1n) is 6.81. The highest BCUT2D eigenvalue weighted by Crippen LogP contribution is 2.34. The van der Waals surface area contributed by atoms with E-state index in [1.165, 1.54) is 13.5 Å². The fraction of sp³-hybridized carbons (Fsp3) is 0.533. The number of nitrogens with zero attached hydrogens (tertiary/aromatic N) is 1. The Kier molecular flexibility index (Phi) is 3.98. The van der Waals surface area contributed by atoms with Crippen LogP contribution in [0.15, 0.2) is 18.2 Å². The van der Waals surface area contributed by atoms with Crippen molar-refractivity contribution in [1.82, 2.24) is 0 Å². The number of piperidine rings is 1. The van der Waals surface area contributed by atoms with Crippen LogP contribution in [0.25, 0.3) is 0 Å². The molecule has 0 bridgehead atoms. The van der Waals surface area contributed by atoms with Crippen molar-refractivity contribution in [2.24, 2.45) is 0 Å². The molecule has 1 aromatic carbocycles. The van der Waals surface area contributed by atoms with Crippen molar-refractivity contribution < 1.29 is 9.53 Å². The van der Waals surface area contributed by atoms with Gasteiger partial charge in [0.25, 0.3) is 0 Å². The van der Waals surface area contributed by atoms with Gasteiger partial charge in [0.1, 0.15) is 0 Å². The number of ether oxygens (including phenoxy) is 1. The summed E-state index contributed by atoms with van der Waals surface area (Å²) in [5.74, 6) is -0.378. The van der Waals surface area contributed by atoms with Crippen LogP contribution >= 0.6 is 0 Å². The number of nitrogen functional groups attached to an aromatic ring is 1. The van der Waals surface area contributed by atoms with Gasteiger partial charge in [-0.1, -0.05) is 6.07 Å². The Labute approximate surface area is 114 Å². The second-order valence-electron chi connectivity index (χ2n) is 5.27. The van der Waals surface area contributed by atoms with E-state index in [2.05, 4.69) is 18.7 Å². The topological polar surface area (TPSA) is 55.6 Å². The fourth-order valence-corrected chi connectivity index (χ4v) is 2.96. The predicted octanol–water partition coefficient (Wildman–Crippen LogP) is 2.82. The molecule has 2 atom stereocenters. The Morgan fingerprint density at radius 1 is 1.32 bits per heavy atom. The molecule has 19 heavy (non-hydrogen) atoms. The monoisotopic (exact) mass is 262 g/mol. The number of carbonyl (C=O) groups is 1. The quantitative estimate of drug-likeness (QED) is 0.657. The minimum Gasteiger partial charge on any atom is -0.465 e. The van der Waals surface area contributed by atoms with Crippen molar-refractivity contribution in [3.63, 3.8) is 0 Å². The number of hydrogen-bond acceptors (Lipinski definition) is 4. The van der Waals surface area contributed by atoms with Crippen LogP contribution in [0.3, 0.4) is 0 Å². The van der Waals surface area contributed by atoms with E-state index < -0.39 is 0 Å². The first-order valence-corrected chi connectivity index (χ1v) is 6.81. The summed E-state index contributed by atoms with van der Waals surface area (Å²) in [6.07, 6.45) is 3.56. The SMILES string of the molecule is COC(=O)c1cccc(N2C(C)CCCC2C)c1N. The van der Waals surface area contributed by atoms with Crippen LogP contribution in [0, 0.1) is 0 Å². The molecule has 1 saturated heterocycles. The van der Waals surface area contributed by atoms with Gasteiger partial charge in [0.2, 0.25) is 0 Å². The summed E-state index contributed by atoms with van der Waals surface area (Å²) in [4.78, 5) is 14.0. The number of para-hydroxylation sites is 1. The van der Waals surface area contributed by atoms with E-state index in [9.17, 15) is 4.79 Å². The Balaban J connectivity index is 2.41. The molecule has 0 radical (unpaired) electrons. The van der Waals surface area contributed by atoms with Gasteiger partial charge in [-0.25, -0.2) is 4.79 Å². The van der Waals surface area contributed by atoms with Crippen molar-refractivity contribution in [3.05, 3.63) is 23.8 Å². The molecule has 2 N–H and O–H groups in total. The predicted molar refractivity (Wildman–Crippen MR) is 77.4 cm³/mol. The average Bonchev–Trinajstić information content (AvgIpc) is 2.39. The van der Waals surface area contributed by atoms with Gasteiger partial charge in [0.05, 0.1) is 24.0 Å². The Bertz CT molecular complexity index is 463. The van der Waals surface area contributed by atoms with Gasteiger partial charge >= 0.3 is 5.97 Å². The van der Waals surface area contributed by atoms with Gasteiger partial charge < -0.3 is 15.4 Å². The van der Waals surface area contributed by atoms with Crippen LogP contribution in [0.4, 0.5) is 11.4 Å². The number of benzene rings is 1. The van der Waals surface area contributed by atoms with E-state index in [4.69, 9.17) is 10.5 Å². The smallest absolute Gasteiger partial charge is 0.340 e. The van der Waals surface area contributed by atoms with Gasteiger partial charge in [-0.2, -0.15) is 0 Å². The van der Waals surface area contributed by atoms with Crippen molar-refractivity contribution in [2.45, 2.75) is 45.2 Å². The Morgan fingerprint density at radius 3 is 2.53 bits per heavy atom. The van der Waals surface area contributed by atoms with Crippen molar-refractivity contribution in [1.29, 1.82) is 0 Å². The van der Waals surface area contributed by atoms with Crippen molar-refractivity contribution in [2.75, 3.05) is 17.7 Å². The number of hydrogen-bond donors (Lipinski definition) is 1. The maximum atomic E-state index is 11.7. The van der Waals surface area contributed by atoms with E-state index in [1.807, 2.05) is 12.1 Å². The average molecular weight is 262 g/mol. The summed E-state index contributed by atoms with van der Waals surface area (Å²) >= 11 is 0. The van der Waals surface area contributed by atoms with Crippen molar-refractivity contribution in [3.8, 4) is 0 Å². The van der Waals surface area contributed by atoms with Gasteiger partial charge in [-0.15, -0.1) is 0 Å². The number of nitrogens with two attached hydrogens (primary N) is 1. The lowest BCUT2D eigenvalue weighted by molar-refractivity contribution is 0.0602. The van der Waals surface area contributed by atoms with Crippen LogP contribution in [-0.4, -0.2) is 25.2 Å². The van der Waals surface area contributed by atoms with E-state index in [1.54, 1.807) is 6.07 Å². The van der Waals surface area contributed by atoms with E-state index >= 15 is 0 Å². The summed E-state index contributed by atoms with van der Waals surface area (Å²) in [5.41, 5.74) is 8.09. The number of esters is 1. The lowest BCUT2D eigenvalue weighted by Crippen LogP contribution is -2.44. The number of rotatable bonds is 2. The first kappa shape index (κ1) is 13.7. The summed E-state index contributed by atoms with van der Waals surface area (Å²) in [6, 6.07) is 6.45. The van der Waals surface area contributed by atoms with Crippen LogP contribution in [-0.2, 0) is 4.74 Å². The molecule has 1 aliphatic heterocycles. The van der Waals surface area contributed by atoms with E-state index in [0.717, 1.165) is 18.5 Å². The highest BCUT2D eigenvalue weighted by atomic mass is 16.5. The third-order valence-electron chi connectivity index (χ3n) is 3.96. The van der Waals surface area contributed by atoms with Gasteiger partial charge in [0.15, 0.2) is 0 Å². The molecule has 4 heteroatoms. The third-order valence-corrected chi connectivity index (χ3v) is 3.96. The molecular weight excluding hydrogens is 240 g/mol. The maximum absolute atomic E-state index is 11.7. The standard InChI is InChI=1S/C15H22N2O2/c1-10-6-4-7-11(2)17(10)13-9-5-8-12(14(13)16)15(18)19-3/h5,8-11H,4,6-7,16H2,1-3H3. The number of carbonyl (C=O) groups excluding carboxylic acids is 1. The summed E-state index contributed by atoms with van der Waals surface area (Å²) in [6.45, 7) is 4.42. The van der Waals surface area contributed by atoms with E-state index in [-0.39, 0.29) is 5.97 Å². The second kappa shape index (κ2) is 5.51. The summed E-state index contributed by atoms with van der Waals surface area (Å²) in [5, 5.41) is 0. The highest BCUT2D eigenvalue weighted by molar-refractivity contribution is 5.98. The first-order chi connectivity index (χ1) is 9.06. The van der Waals surface area contributed by atoms with Gasteiger partial charge in [0, 0.05) is 12.1 Å². The molecule has 0 aliphatic carbocycles. The molecule has 2 rings (SSSR count). The molecule has 0 aromatic heterocycles. The minimum atomic E-state index is -0.378. The van der Waals surface area contributed by atoms with Crippen LogP contribution in [0.2, 0.25) is 0 Å². The molecule has 1 heterocycles. The fourth-order valence-electron chi connectivity index (χ4n) is 2.96. The van der Waals surface area contributed by atoms with Crippen LogP contribution < -0.4 is 10.6 Å².